The Balaban J connectivity index is 1.65. The number of carbonyl (C=O) groups excluding carboxylic acids is 2. The molecule has 1 atom stereocenters. The monoisotopic (exact) mass is 498 g/mol. The highest BCUT2D eigenvalue weighted by atomic mass is 32.2. The molecule has 2 aromatic rings. The third kappa shape index (κ3) is 6.29. The molecule has 1 fully saturated rings. The number of hydrogen-bond donors (Lipinski definition) is 1. The molecule has 1 N–H and O–H groups in total. The molecule has 0 radical (unpaired) electrons. The summed E-state index contributed by atoms with van der Waals surface area (Å²) < 4.78 is 68.9. The highest BCUT2D eigenvalue weighted by Crippen LogP contribution is 2.19. The third-order valence-corrected chi connectivity index (χ3v) is 8.24. The SMILES string of the molecule is CCN(C(=O)COC(=O)c1cccc(S(=O)(=O)Nc2ccc(F)cc2)c1)C1CCS(=O)(=O)C1. The van der Waals surface area contributed by atoms with E-state index in [1.807, 2.05) is 0 Å². The van der Waals surface area contributed by atoms with Crippen LogP contribution in [0.3, 0.4) is 0 Å². The molecule has 12 heteroatoms. The van der Waals surface area contributed by atoms with Gasteiger partial charge in [0.15, 0.2) is 16.4 Å². The first-order chi connectivity index (χ1) is 15.5. The van der Waals surface area contributed by atoms with Gasteiger partial charge in [-0.3, -0.25) is 9.52 Å². The van der Waals surface area contributed by atoms with E-state index in [1.54, 1.807) is 6.92 Å². The molecule has 9 nitrogen and oxygen atoms in total. The molecule has 0 saturated carbocycles. The summed E-state index contributed by atoms with van der Waals surface area (Å²) in [5.74, 6) is -2.07. The van der Waals surface area contributed by atoms with E-state index in [-0.39, 0.29) is 34.2 Å². The largest absolute Gasteiger partial charge is 0.452 e. The zero-order valence-corrected chi connectivity index (χ0v) is 19.4. The average molecular weight is 499 g/mol. The van der Waals surface area contributed by atoms with Crippen molar-refractivity contribution in [2.75, 3.05) is 29.4 Å². The number of ether oxygens (including phenoxy) is 1. The van der Waals surface area contributed by atoms with E-state index >= 15 is 0 Å². The highest BCUT2D eigenvalue weighted by Gasteiger charge is 2.34. The number of nitrogens with zero attached hydrogens (tertiary/aromatic N) is 1. The fraction of sp³-hybridized carbons (Fsp3) is 0.333. The van der Waals surface area contributed by atoms with Crippen LogP contribution in [0.15, 0.2) is 53.4 Å². The first kappa shape index (κ1) is 24.6. The van der Waals surface area contributed by atoms with Crippen LogP contribution in [0.25, 0.3) is 0 Å². The Bertz CT molecular complexity index is 1250. The maximum absolute atomic E-state index is 13.0. The lowest BCUT2D eigenvalue weighted by Gasteiger charge is -2.26. The lowest BCUT2D eigenvalue weighted by atomic mass is 10.2. The van der Waals surface area contributed by atoms with Gasteiger partial charge in [-0.05, 0) is 55.8 Å². The number of nitrogens with one attached hydrogen (secondary N) is 1. The van der Waals surface area contributed by atoms with Crippen molar-refractivity contribution in [1.29, 1.82) is 0 Å². The maximum atomic E-state index is 13.0. The summed E-state index contributed by atoms with van der Waals surface area (Å²) in [6.45, 7) is 1.36. The molecule has 33 heavy (non-hydrogen) atoms. The second-order valence-corrected chi connectivity index (χ2v) is 11.4. The molecule has 178 valence electrons. The fourth-order valence-corrected chi connectivity index (χ4v) is 6.31. The number of carbonyl (C=O) groups is 2. The van der Waals surface area contributed by atoms with Crippen molar-refractivity contribution in [2.45, 2.75) is 24.3 Å². The Morgan fingerprint density at radius 1 is 1.18 bits per heavy atom. The van der Waals surface area contributed by atoms with Crippen molar-refractivity contribution in [3.8, 4) is 0 Å². The van der Waals surface area contributed by atoms with Crippen LogP contribution in [-0.2, 0) is 29.4 Å². The summed E-state index contributed by atoms with van der Waals surface area (Å²) in [7, 11) is -7.25. The molecule has 1 heterocycles. The quantitative estimate of drug-likeness (QED) is 0.550. The number of sulfonamides is 1. The fourth-order valence-electron chi connectivity index (χ4n) is 3.48. The van der Waals surface area contributed by atoms with Gasteiger partial charge in [0, 0.05) is 18.3 Å². The number of sulfone groups is 1. The van der Waals surface area contributed by atoms with E-state index in [2.05, 4.69) is 4.72 Å². The predicted octanol–water partition coefficient (Wildman–Crippen LogP) is 1.82. The molecule has 0 bridgehead atoms. The van der Waals surface area contributed by atoms with Crippen molar-refractivity contribution in [3.05, 3.63) is 59.9 Å². The van der Waals surface area contributed by atoms with Gasteiger partial charge in [-0.25, -0.2) is 26.0 Å². The van der Waals surface area contributed by atoms with Crippen LogP contribution in [0.1, 0.15) is 23.7 Å². The second kappa shape index (κ2) is 9.87. The van der Waals surface area contributed by atoms with Gasteiger partial charge in [-0.2, -0.15) is 0 Å². The van der Waals surface area contributed by atoms with Gasteiger partial charge in [0.05, 0.1) is 22.0 Å². The topological polar surface area (TPSA) is 127 Å². The van der Waals surface area contributed by atoms with Crippen LogP contribution in [0.4, 0.5) is 10.1 Å². The van der Waals surface area contributed by atoms with Crippen molar-refractivity contribution in [2.24, 2.45) is 0 Å². The van der Waals surface area contributed by atoms with Crippen molar-refractivity contribution >= 4 is 37.4 Å². The summed E-state index contributed by atoms with van der Waals surface area (Å²) in [5.41, 5.74) is 0.0554. The van der Waals surface area contributed by atoms with Crippen LogP contribution in [0, 0.1) is 5.82 Å². The lowest BCUT2D eigenvalue weighted by molar-refractivity contribution is -0.136. The average Bonchev–Trinajstić information content (AvgIpc) is 3.13. The number of halogens is 1. The molecule has 1 saturated heterocycles. The molecular weight excluding hydrogens is 475 g/mol. The van der Waals surface area contributed by atoms with Gasteiger partial charge in [-0.1, -0.05) is 6.07 Å². The molecule has 1 unspecified atom stereocenters. The summed E-state index contributed by atoms with van der Waals surface area (Å²) in [4.78, 5) is 26.0. The summed E-state index contributed by atoms with van der Waals surface area (Å²) in [6.07, 6.45) is 0.330. The lowest BCUT2D eigenvalue weighted by Crippen LogP contribution is -2.43. The highest BCUT2D eigenvalue weighted by molar-refractivity contribution is 7.92. The van der Waals surface area contributed by atoms with Crippen LogP contribution in [-0.4, -0.2) is 64.3 Å². The molecule has 1 aliphatic rings. The standard InChI is InChI=1S/C21H23FN2O7S2/c1-2-24(18-10-11-32(27,28)14-18)20(25)13-31-21(26)15-4-3-5-19(12-15)33(29,30)23-17-8-6-16(22)7-9-17/h3-9,12,18,23H,2,10-11,13-14H2,1H3. The summed E-state index contributed by atoms with van der Waals surface area (Å²) >= 11 is 0. The van der Waals surface area contributed by atoms with E-state index in [0.29, 0.717) is 6.42 Å². The predicted molar refractivity (Wildman–Crippen MR) is 118 cm³/mol. The summed E-state index contributed by atoms with van der Waals surface area (Å²) in [6, 6.07) is 9.30. The Kier molecular flexibility index (Phi) is 7.38. The van der Waals surface area contributed by atoms with Gasteiger partial charge in [0.1, 0.15) is 5.82 Å². The Hall–Kier alpha value is -2.99. The number of esters is 1. The van der Waals surface area contributed by atoms with Gasteiger partial charge >= 0.3 is 5.97 Å². The van der Waals surface area contributed by atoms with Gasteiger partial charge in [0.2, 0.25) is 0 Å². The number of likely N-dealkylation sites (N-methyl/N-ethyl adjacent to an activating group) is 1. The minimum atomic E-state index is -4.07. The van der Waals surface area contributed by atoms with E-state index in [0.717, 1.165) is 18.2 Å². The first-order valence-electron chi connectivity index (χ1n) is 10.1. The zero-order valence-electron chi connectivity index (χ0n) is 17.7. The number of rotatable bonds is 8. The molecule has 2 aromatic carbocycles. The minimum Gasteiger partial charge on any atom is -0.452 e. The molecule has 0 aliphatic carbocycles. The number of benzene rings is 2. The smallest absolute Gasteiger partial charge is 0.338 e. The van der Waals surface area contributed by atoms with Gasteiger partial charge in [0.25, 0.3) is 15.9 Å². The van der Waals surface area contributed by atoms with Gasteiger partial charge < -0.3 is 9.64 Å². The molecule has 0 spiro atoms. The Morgan fingerprint density at radius 2 is 1.88 bits per heavy atom. The van der Waals surface area contributed by atoms with Gasteiger partial charge in [-0.15, -0.1) is 0 Å². The number of amides is 1. The van der Waals surface area contributed by atoms with E-state index < -0.39 is 50.2 Å². The normalized spacial score (nSPS) is 17.3. The van der Waals surface area contributed by atoms with Crippen LogP contribution < -0.4 is 4.72 Å². The number of anilines is 1. The van der Waals surface area contributed by atoms with Crippen molar-refractivity contribution < 1.29 is 35.6 Å². The number of hydrogen-bond acceptors (Lipinski definition) is 7. The van der Waals surface area contributed by atoms with Crippen LogP contribution in [0.2, 0.25) is 0 Å². The molecule has 0 aromatic heterocycles. The molecular formula is C21H23FN2O7S2. The summed E-state index contributed by atoms with van der Waals surface area (Å²) in [5, 5.41) is 0. The molecule has 3 rings (SSSR count). The molecule has 1 aliphatic heterocycles. The van der Waals surface area contributed by atoms with E-state index in [4.69, 9.17) is 4.74 Å². The Labute approximate surface area is 191 Å². The first-order valence-corrected chi connectivity index (χ1v) is 13.4. The zero-order chi connectivity index (χ0) is 24.2. The Morgan fingerprint density at radius 3 is 2.48 bits per heavy atom. The van der Waals surface area contributed by atoms with E-state index in [9.17, 15) is 30.8 Å². The maximum Gasteiger partial charge on any atom is 0.338 e. The minimum absolute atomic E-state index is 0.00839. The van der Waals surface area contributed by atoms with Crippen molar-refractivity contribution in [1.82, 2.24) is 4.90 Å². The van der Waals surface area contributed by atoms with Crippen LogP contribution >= 0.6 is 0 Å². The second-order valence-electron chi connectivity index (χ2n) is 7.45. The van der Waals surface area contributed by atoms with E-state index in [1.165, 1.54) is 35.2 Å². The molecule has 1 amide bonds. The third-order valence-electron chi connectivity index (χ3n) is 5.11. The van der Waals surface area contributed by atoms with Crippen LogP contribution in [0.5, 0.6) is 0 Å². The van der Waals surface area contributed by atoms with Crippen molar-refractivity contribution in [3.63, 3.8) is 0 Å².